The van der Waals surface area contributed by atoms with Crippen molar-refractivity contribution in [3.8, 4) is 0 Å². The molecule has 2 rings (SSSR count). The highest BCUT2D eigenvalue weighted by Gasteiger charge is 2.00. The molecule has 0 atom stereocenters. The number of ketones is 1. The van der Waals surface area contributed by atoms with E-state index in [0.717, 1.165) is 11.4 Å². The second-order valence-corrected chi connectivity index (χ2v) is 3.77. The van der Waals surface area contributed by atoms with Crippen molar-refractivity contribution in [2.45, 2.75) is 6.92 Å². The Kier molecular flexibility index (Phi) is 3.19. The zero-order valence-electron chi connectivity index (χ0n) is 9.41. The molecular formula is C14H12FNO. The van der Waals surface area contributed by atoms with Gasteiger partial charge in [-0.1, -0.05) is 12.1 Å². The van der Waals surface area contributed by atoms with Crippen LogP contribution in [-0.4, -0.2) is 5.78 Å². The number of halogens is 1. The second-order valence-electron chi connectivity index (χ2n) is 3.77. The van der Waals surface area contributed by atoms with E-state index in [1.54, 1.807) is 24.3 Å². The zero-order chi connectivity index (χ0) is 12.3. The Bertz CT molecular complexity index is 534. The molecule has 2 aromatic rings. The number of nitrogens with one attached hydrogen (secondary N) is 1. The maximum Gasteiger partial charge on any atom is 0.159 e. The Morgan fingerprint density at radius 3 is 2.41 bits per heavy atom. The van der Waals surface area contributed by atoms with Crippen LogP contribution in [0.4, 0.5) is 15.8 Å². The molecule has 0 saturated heterocycles. The molecule has 0 saturated carbocycles. The van der Waals surface area contributed by atoms with Gasteiger partial charge in [-0.05, 0) is 43.3 Å². The predicted octanol–water partition coefficient (Wildman–Crippen LogP) is 3.77. The summed E-state index contributed by atoms with van der Waals surface area (Å²) >= 11 is 0. The first kappa shape index (κ1) is 11.3. The molecular weight excluding hydrogens is 217 g/mol. The van der Waals surface area contributed by atoms with Crippen LogP contribution in [0.25, 0.3) is 0 Å². The van der Waals surface area contributed by atoms with Gasteiger partial charge in [-0.15, -0.1) is 0 Å². The van der Waals surface area contributed by atoms with Gasteiger partial charge in [0.05, 0.1) is 0 Å². The molecule has 1 N–H and O–H groups in total. The lowest BCUT2D eigenvalue weighted by Gasteiger charge is -2.07. The minimum Gasteiger partial charge on any atom is -0.356 e. The molecule has 0 bridgehead atoms. The zero-order valence-corrected chi connectivity index (χ0v) is 9.41. The molecule has 0 aliphatic heterocycles. The fraction of sp³-hybridized carbons (Fsp3) is 0.0714. The number of hydrogen-bond acceptors (Lipinski definition) is 2. The monoisotopic (exact) mass is 229 g/mol. The Morgan fingerprint density at radius 1 is 1.06 bits per heavy atom. The minimum atomic E-state index is -0.270. The summed E-state index contributed by atoms with van der Waals surface area (Å²) in [6.45, 7) is 1.52. The van der Waals surface area contributed by atoms with Gasteiger partial charge in [0.1, 0.15) is 5.82 Å². The van der Waals surface area contributed by atoms with E-state index >= 15 is 0 Å². The molecule has 2 aromatic carbocycles. The fourth-order valence-electron chi connectivity index (χ4n) is 1.52. The van der Waals surface area contributed by atoms with Crippen molar-refractivity contribution < 1.29 is 9.18 Å². The third-order valence-corrected chi connectivity index (χ3v) is 2.40. The van der Waals surface area contributed by atoms with Crippen LogP contribution >= 0.6 is 0 Å². The molecule has 0 heterocycles. The van der Waals surface area contributed by atoms with E-state index in [1.807, 2.05) is 12.1 Å². The van der Waals surface area contributed by atoms with Crippen molar-refractivity contribution in [2.24, 2.45) is 0 Å². The summed E-state index contributed by atoms with van der Waals surface area (Å²) in [5.74, 6) is -0.249. The summed E-state index contributed by atoms with van der Waals surface area (Å²) in [6.07, 6.45) is 0. The molecule has 0 unspecified atom stereocenters. The number of carbonyl (C=O) groups excluding carboxylic acids is 1. The average Bonchev–Trinajstić information content (AvgIpc) is 2.32. The SMILES string of the molecule is CC(=O)c1cccc(Nc2ccc(F)cc2)c1. The highest BCUT2D eigenvalue weighted by atomic mass is 19.1. The molecule has 0 aliphatic carbocycles. The smallest absolute Gasteiger partial charge is 0.159 e. The van der Waals surface area contributed by atoms with Crippen LogP contribution in [0.5, 0.6) is 0 Å². The van der Waals surface area contributed by atoms with Gasteiger partial charge in [-0.3, -0.25) is 4.79 Å². The third kappa shape index (κ3) is 2.91. The lowest BCUT2D eigenvalue weighted by molar-refractivity contribution is 0.101. The van der Waals surface area contributed by atoms with Crippen LogP contribution in [0.2, 0.25) is 0 Å². The van der Waals surface area contributed by atoms with Gasteiger partial charge >= 0.3 is 0 Å². The van der Waals surface area contributed by atoms with Crippen molar-refractivity contribution in [1.29, 1.82) is 0 Å². The first-order valence-corrected chi connectivity index (χ1v) is 5.29. The molecule has 3 heteroatoms. The quantitative estimate of drug-likeness (QED) is 0.811. The van der Waals surface area contributed by atoms with E-state index in [-0.39, 0.29) is 11.6 Å². The number of rotatable bonds is 3. The van der Waals surface area contributed by atoms with E-state index < -0.39 is 0 Å². The van der Waals surface area contributed by atoms with E-state index in [1.165, 1.54) is 19.1 Å². The molecule has 0 aromatic heterocycles. The lowest BCUT2D eigenvalue weighted by atomic mass is 10.1. The van der Waals surface area contributed by atoms with Gasteiger partial charge in [0.15, 0.2) is 5.78 Å². The number of carbonyl (C=O) groups is 1. The van der Waals surface area contributed by atoms with Crippen LogP contribution in [-0.2, 0) is 0 Å². The highest BCUT2D eigenvalue weighted by molar-refractivity contribution is 5.95. The molecule has 0 amide bonds. The van der Waals surface area contributed by atoms with E-state index in [9.17, 15) is 9.18 Å². The van der Waals surface area contributed by atoms with E-state index in [0.29, 0.717) is 5.56 Å². The van der Waals surface area contributed by atoms with Crippen LogP contribution < -0.4 is 5.32 Å². The molecule has 86 valence electrons. The second kappa shape index (κ2) is 4.78. The first-order valence-electron chi connectivity index (χ1n) is 5.29. The summed E-state index contributed by atoms with van der Waals surface area (Å²) in [7, 11) is 0. The number of anilines is 2. The summed E-state index contributed by atoms with van der Waals surface area (Å²) in [5.41, 5.74) is 2.24. The molecule has 17 heavy (non-hydrogen) atoms. The standard InChI is InChI=1S/C14H12FNO/c1-10(17)11-3-2-4-14(9-11)16-13-7-5-12(15)6-8-13/h2-9,16H,1H3. The Hall–Kier alpha value is -2.16. The van der Waals surface area contributed by atoms with Gasteiger partial charge in [0.25, 0.3) is 0 Å². The molecule has 2 nitrogen and oxygen atoms in total. The molecule has 0 spiro atoms. The van der Waals surface area contributed by atoms with Gasteiger partial charge in [0, 0.05) is 16.9 Å². The summed E-state index contributed by atoms with van der Waals surface area (Å²) in [4.78, 5) is 11.2. The van der Waals surface area contributed by atoms with Gasteiger partial charge in [-0.25, -0.2) is 4.39 Å². The van der Waals surface area contributed by atoms with Gasteiger partial charge in [0.2, 0.25) is 0 Å². The van der Waals surface area contributed by atoms with Crippen LogP contribution in [0.1, 0.15) is 17.3 Å². The lowest BCUT2D eigenvalue weighted by Crippen LogP contribution is -1.95. The van der Waals surface area contributed by atoms with Gasteiger partial charge in [-0.2, -0.15) is 0 Å². The number of Topliss-reactive ketones (excluding diaryl/α,β-unsaturated/α-hetero) is 1. The van der Waals surface area contributed by atoms with Crippen molar-refractivity contribution >= 4 is 17.2 Å². The van der Waals surface area contributed by atoms with Crippen molar-refractivity contribution in [2.75, 3.05) is 5.32 Å². The maximum atomic E-state index is 12.7. The summed E-state index contributed by atoms with van der Waals surface area (Å²) < 4.78 is 12.7. The summed E-state index contributed by atoms with van der Waals surface area (Å²) in [5, 5.41) is 3.11. The van der Waals surface area contributed by atoms with Crippen molar-refractivity contribution in [1.82, 2.24) is 0 Å². The summed E-state index contributed by atoms with van der Waals surface area (Å²) in [6, 6.07) is 13.3. The minimum absolute atomic E-state index is 0.0211. The third-order valence-electron chi connectivity index (χ3n) is 2.40. The van der Waals surface area contributed by atoms with E-state index in [2.05, 4.69) is 5.32 Å². The normalized spacial score (nSPS) is 10.0. The highest BCUT2D eigenvalue weighted by Crippen LogP contribution is 2.18. The topological polar surface area (TPSA) is 29.1 Å². The Morgan fingerprint density at radius 2 is 1.76 bits per heavy atom. The average molecular weight is 229 g/mol. The predicted molar refractivity (Wildman–Crippen MR) is 66.1 cm³/mol. The van der Waals surface area contributed by atoms with Crippen molar-refractivity contribution in [3.05, 3.63) is 59.9 Å². The molecule has 0 radical (unpaired) electrons. The largest absolute Gasteiger partial charge is 0.356 e. The van der Waals surface area contributed by atoms with E-state index in [4.69, 9.17) is 0 Å². The Balaban J connectivity index is 2.21. The van der Waals surface area contributed by atoms with Crippen LogP contribution in [0, 0.1) is 5.82 Å². The van der Waals surface area contributed by atoms with Crippen LogP contribution in [0.15, 0.2) is 48.5 Å². The number of benzene rings is 2. The molecule has 0 aliphatic rings. The maximum absolute atomic E-state index is 12.7. The number of hydrogen-bond donors (Lipinski definition) is 1. The molecule has 0 fully saturated rings. The first-order chi connectivity index (χ1) is 8.15. The van der Waals surface area contributed by atoms with Gasteiger partial charge < -0.3 is 5.32 Å². The Labute approximate surface area is 99.1 Å². The van der Waals surface area contributed by atoms with Crippen LogP contribution in [0.3, 0.4) is 0 Å². The van der Waals surface area contributed by atoms with Crippen molar-refractivity contribution in [3.63, 3.8) is 0 Å². The fourth-order valence-corrected chi connectivity index (χ4v) is 1.52.